The Morgan fingerprint density at radius 2 is 1.76 bits per heavy atom. The number of halogens is 1. The highest BCUT2D eigenvalue weighted by atomic mass is 35.5. The summed E-state index contributed by atoms with van der Waals surface area (Å²) in [6.45, 7) is 12.1. The van der Waals surface area contributed by atoms with Gasteiger partial charge in [-0.3, -0.25) is 9.36 Å². The Morgan fingerprint density at radius 3 is 2.34 bits per heavy atom. The van der Waals surface area contributed by atoms with E-state index in [0.29, 0.717) is 10.2 Å². The summed E-state index contributed by atoms with van der Waals surface area (Å²) >= 11 is 7.71. The second kappa shape index (κ2) is 9.39. The van der Waals surface area contributed by atoms with Crippen molar-refractivity contribution >= 4 is 35.2 Å². The maximum absolute atomic E-state index is 13.1. The van der Waals surface area contributed by atoms with Crippen LogP contribution >= 0.6 is 23.4 Å². The number of carbonyl (C=O) groups excluding carboxylic acids is 1. The van der Waals surface area contributed by atoms with Crippen LogP contribution in [-0.4, -0.2) is 56.0 Å². The Kier molecular flexibility index (Phi) is 7.11. The number of rotatable bonds is 7. The van der Waals surface area contributed by atoms with Gasteiger partial charge in [-0.25, -0.2) is 0 Å². The van der Waals surface area contributed by atoms with Crippen molar-refractivity contribution in [2.75, 3.05) is 18.0 Å². The fraction of sp³-hybridized carbons (Fsp3) is 0.571. The Labute approximate surface area is 182 Å². The first-order valence-electron chi connectivity index (χ1n) is 10.2. The summed E-state index contributed by atoms with van der Waals surface area (Å²) in [7, 11) is 0. The van der Waals surface area contributed by atoms with Gasteiger partial charge < -0.3 is 9.80 Å². The van der Waals surface area contributed by atoms with Crippen molar-refractivity contribution in [1.82, 2.24) is 19.7 Å². The zero-order chi connectivity index (χ0) is 21.1. The van der Waals surface area contributed by atoms with Gasteiger partial charge in [-0.1, -0.05) is 29.4 Å². The number of thioether (sulfide) groups is 1. The van der Waals surface area contributed by atoms with Gasteiger partial charge in [0.25, 0.3) is 0 Å². The van der Waals surface area contributed by atoms with Gasteiger partial charge in [0.2, 0.25) is 11.9 Å². The molecule has 1 saturated heterocycles. The molecule has 6 nitrogen and oxygen atoms in total. The van der Waals surface area contributed by atoms with Gasteiger partial charge in [-0.2, -0.15) is 0 Å². The average Bonchev–Trinajstić information content (AvgIpc) is 3.30. The Morgan fingerprint density at radius 1 is 1.10 bits per heavy atom. The summed E-state index contributed by atoms with van der Waals surface area (Å²) in [5.41, 5.74) is 0.913. The minimum atomic E-state index is -0.270. The average molecular weight is 436 g/mol. The maximum Gasteiger partial charge on any atom is 0.236 e. The molecule has 3 rings (SSSR count). The summed E-state index contributed by atoms with van der Waals surface area (Å²) < 4.78 is 2.03. The lowest BCUT2D eigenvalue weighted by atomic mass is 10.2. The fourth-order valence-corrected chi connectivity index (χ4v) is 4.93. The van der Waals surface area contributed by atoms with Gasteiger partial charge in [0.1, 0.15) is 0 Å². The van der Waals surface area contributed by atoms with Gasteiger partial charge in [0, 0.05) is 30.2 Å². The van der Waals surface area contributed by atoms with Crippen molar-refractivity contribution in [2.24, 2.45) is 0 Å². The third kappa shape index (κ3) is 4.89. The maximum atomic E-state index is 13.1. The first-order chi connectivity index (χ1) is 13.8. The van der Waals surface area contributed by atoms with E-state index in [1.807, 2.05) is 40.7 Å². The van der Waals surface area contributed by atoms with E-state index in [0.717, 1.165) is 37.6 Å². The highest BCUT2D eigenvalue weighted by Gasteiger charge is 2.29. The van der Waals surface area contributed by atoms with Crippen molar-refractivity contribution < 1.29 is 4.79 Å². The molecule has 0 radical (unpaired) electrons. The van der Waals surface area contributed by atoms with E-state index < -0.39 is 0 Å². The molecule has 8 heteroatoms. The predicted molar refractivity (Wildman–Crippen MR) is 120 cm³/mol. The Balaban J connectivity index is 1.94. The molecule has 1 aromatic carbocycles. The van der Waals surface area contributed by atoms with Gasteiger partial charge in [-0.15, -0.1) is 10.2 Å². The third-order valence-electron chi connectivity index (χ3n) is 5.07. The third-order valence-corrected chi connectivity index (χ3v) is 6.33. The van der Waals surface area contributed by atoms with Crippen LogP contribution in [0.25, 0.3) is 5.69 Å². The Bertz CT molecular complexity index is 839. The van der Waals surface area contributed by atoms with Crippen molar-refractivity contribution in [2.45, 2.75) is 70.0 Å². The molecular formula is C21H30ClN5OS. The molecule has 0 aliphatic carbocycles. The number of nitrogens with zero attached hydrogens (tertiary/aromatic N) is 5. The first-order valence-corrected chi connectivity index (χ1v) is 11.5. The van der Waals surface area contributed by atoms with E-state index in [1.54, 1.807) is 0 Å². The van der Waals surface area contributed by atoms with Crippen LogP contribution in [0.2, 0.25) is 5.02 Å². The molecule has 158 valence electrons. The summed E-state index contributed by atoms with van der Waals surface area (Å²) in [4.78, 5) is 17.3. The second-order valence-corrected chi connectivity index (χ2v) is 9.73. The number of benzene rings is 1. The number of carbonyl (C=O) groups is 1. The predicted octanol–water partition coefficient (Wildman–Crippen LogP) is 4.65. The van der Waals surface area contributed by atoms with E-state index in [1.165, 1.54) is 11.8 Å². The van der Waals surface area contributed by atoms with Crippen molar-refractivity contribution in [3.05, 3.63) is 29.3 Å². The topological polar surface area (TPSA) is 54.3 Å². The van der Waals surface area contributed by atoms with Crippen LogP contribution in [0, 0.1) is 0 Å². The molecule has 1 amide bonds. The van der Waals surface area contributed by atoms with E-state index in [9.17, 15) is 4.79 Å². The molecule has 0 unspecified atom stereocenters. The lowest BCUT2D eigenvalue weighted by Crippen LogP contribution is -2.45. The monoisotopic (exact) mass is 435 g/mol. The number of anilines is 1. The zero-order valence-corrected chi connectivity index (χ0v) is 19.4. The van der Waals surface area contributed by atoms with Gasteiger partial charge in [0.05, 0.1) is 10.9 Å². The van der Waals surface area contributed by atoms with E-state index >= 15 is 0 Å². The lowest BCUT2D eigenvalue weighted by Gasteiger charge is -2.32. The first kappa shape index (κ1) is 22.0. The minimum absolute atomic E-state index is 0.114. The van der Waals surface area contributed by atoms with Crippen LogP contribution in [0.1, 0.15) is 47.5 Å². The molecule has 0 saturated carbocycles. The molecule has 29 heavy (non-hydrogen) atoms. The largest absolute Gasteiger partial charge is 0.341 e. The molecule has 2 aromatic rings. The van der Waals surface area contributed by atoms with E-state index in [-0.39, 0.29) is 23.2 Å². The lowest BCUT2D eigenvalue weighted by molar-refractivity contribution is -0.133. The fourth-order valence-electron chi connectivity index (χ4n) is 3.83. The summed E-state index contributed by atoms with van der Waals surface area (Å²) in [5, 5.41) is 10.0. The van der Waals surface area contributed by atoms with Crippen LogP contribution in [0.4, 0.5) is 5.95 Å². The van der Waals surface area contributed by atoms with Gasteiger partial charge in [0.15, 0.2) is 5.16 Å². The van der Waals surface area contributed by atoms with Crippen molar-refractivity contribution in [3.8, 4) is 5.69 Å². The summed E-state index contributed by atoms with van der Waals surface area (Å²) in [5.74, 6) is 0.930. The normalized spacial score (nSPS) is 15.4. The van der Waals surface area contributed by atoms with Crippen LogP contribution < -0.4 is 4.90 Å². The molecule has 0 spiro atoms. The van der Waals surface area contributed by atoms with E-state index in [4.69, 9.17) is 11.6 Å². The van der Waals surface area contributed by atoms with Crippen molar-refractivity contribution in [1.29, 1.82) is 0 Å². The van der Waals surface area contributed by atoms with Gasteiger partial charge in [-0.05, 0) is 65.7 Å². The highest BCUT2D eigenvalue weighted by Crippen LogP contribution is 2.32. The van der Waals surface area contributed by atoms with E-state index in [2.05, 4.69) is 42.8 Å². The highest BCUT2D eigenvalue weighted by molar-refractivity contribution is 8.00. The Hall–Kier alpha value is -1.73. The van der Waals surface area contributed by atoms with Crippen LogP contribution in [0.3, 0.4) is 0 Å². The van der Waals surface area contributed by atoms with Crippen molar-refractivity contribution in [3.63, 3.8) is 0 Å². The van der Waals surface area contributed by atoms with Crippen LogP contribution in [0.15, 0.2) is 29.4 Å². The number of hydrogen-bond donors (Lipinski definition) is 0. The number of amides is 1. The molecular weight excluding hydrogens is 406 g/mol. The molecule has 1 aliphatic heterocycles. The molecule has 1 aromatic heterocycles. The molecule has 1 fully saturated rings. The number of aromatic nitrogens is 3. The number of hydrogen-bond acceptors (Lipinski definition) is 5. The standard InChI is InChI=1S/C21H30ClN5OS/c1-14(2)26(15(3)4)19(28)16(5)29-21-24-23-20(25-11-6-7-12-25)27(21)18-10-8-9-17(22)13-18/h8-10,13-16H,6-7,11-12H2,1-5H3/t16-/m0/s1. The zero-order valence-electron chi connectivity index (χ0n) is 17.8. The molecule has 1 atom stereocenters. The smallest absolute Gasteiger partial charge is 0.236 e. The van der Waals surface area contributed by atoms with Crippen LogP contribution in [0.5, 0.6) is 0 Å². The molecule has 2 heterocycles. The summed E-state index contributed by atoms with van der Waals surface area (Å²) in [6, 6.07) is 7.99. The molecule has 0 bridgehead atoms. The minimum Gasteiger partial charge on any atom is -0.341 e. The summed E-state index contributed by atoms with van der Waals surface area (Å²) in [6.07, 6.45) is 2.30. The second-order valence-electron chi connectivity index (χ2n) is 7.99. The van der Waals surface area contributed by atoms with Gasteiger partial charge >= 0.3 is 0 Å². The quantitative estimate of drug-likeness (QED) is 0.592. The molecule has 1 aliphatic rings. The molecule has 0 N–H and O–H groups in total. The SMILES string of the molecule is CC(C)N(C(=O)[C@H](C)Sc1nnc(N2CCCC2)n1-c1cccc(Cl)c1)C(C)C. The van der Waals surface area contributed by atoms with Crippen LogP contribution in [-0.2, 0) is 4.79 Å².